The maximum Gasteiger partial charge on any atom is 0.269 e. The Bertz CT molecular complexity index is 876. The molecule has 3 rings (SSSR count). The molecule has 2 aromatic carbocycles. The van der Waals surface area contributed by atoms with Crippen molar-refractivity contribution in [2.45, 2.75) is 0 Å². The molecule has 0 amide bonds. The molecule has 3 aromatic rings. The first-order valence-corrected chi connectivity index (χ1v) is 8.54. The molecule has 0 aliphatic heterocycles. The van der Waals surface area contributed by atoms with Gasteiger partial charge in [-0.3, -0.25) is 15.5 Å². The van der Waals surface area contributed by atoms with E-state index in [0.29, 0.717) is 5.13 Å². The van der Waals surface area contributed by atoms with Crippen molar-refractivity contribution in [1.29, 1.82) is 0 Å². The number of aromatic nitrogens is 1. The van der Waals surface area contributed by atoms with E-state index in [2.05, 4.69) is 31.4 Å². The summed E-state index contributed by atoms with van der Waals surface area (Å²) in [6, 6.07) is 14.1. The molecule has 0 saturated carbocycles. The number of non-ortho nitro benzene ring substituents is 1. The lowest BCUT2D eigenvalue weighted by molar-refractivity contribution is -0.384. The third-order valence-electron chi connectivity index (χ3n) is 3.12. The summed E-state index contributed by atoms with van der Waals surface area (Å²) in [4.78, 5) is 14.6. The zero-order chi connectivity index (χ0) is 16.9. The molecule has 1 N–H and O–H groups in total. The number of anilines is 1. The first-order valence-electron chi connectivity index (χ1n) is 6.87. The largest absolute Gasteiger partial charge is 0.269 e. The second-order valence-electron chi connectivity index (χ2n) is 4.76. The predicted octanol–water partition coefficient (Wildman–Crippen LogP) is 4.93. The van der Waals surface area contributed by atoms with E-state index in [1.54, 1.807) is 18.3 Å². The monoisotopic (exact) mass is 402 g/mol. The van der Waals surface area contributed by atoms with E-state index in [1.807, 2.05) is 29.6 Å². The maximum absolute atomic E-state index is 10.6. The number of nitrogens with zero attached hydrogens (tertiary/aromatic N) is 3. The Morgan fingerprint density at radius 1 is 1.17 bits per heavy atom. The van der Waals surface area contributed by atoms with Gasteiger partial charge in [0.15, 0.2) is 0 Å². The average Bonchev–Trinajstić information content (AvgIpc) is 3.05. The molecule has 0 fully saturated rings. The van der Waals surface area contributed by atoms with Gasteiger partial charge in [-0.1, -0.05) is 28.1 Å². The molecule has 24 heavy (non-hydrogen) atoms. The van der Waals surface area contributed by atoms with Crippen molar-refractivity contribution in [3.05, 3.63) is 74.1 Å². The quantitative estimate of drug-likeness (QED) is 0.372. The van der Waals surface area contributed by atoms with Gasteiger partial charge in [-0.2, -0.15) is 5.10 Å². The topological polar surface area (TPSA) is 80.4 Å². The zero-order valence-corrected chi connectivity index (χ0v) is 14.6. The van der Waals surface area contributed by atoms with E-state index in [1.165, 1.54) is 23.5 Å². The van der Waals surface area contributed by atoms with E-state index in [0.717, 1.165) is 21.3 Å². The lowest BCUT2D eigenvalue weighted by Gasteiger charge is -1.97. The normalized spacial score (nSPS) is 10.9. The number of benzene rings is 2. The number of rotatable bonds is 5. The molecule has 120 valence electrons. The van der Waals surface area contributed by atoms with Crippen LogP contribution >= 0.6 is 27.3 Å². The summed E-state index contributed by atoms with van der Waals surface area (Å²) in [5, 5.41) is 17.3. The highest BCUT2D eigenvalue weighted by Crippen LogP contribution is 2.26. The average molecular weight is 403 g/mol. The van der Waals surface area contributed by atoms with Crippen molar-refractivity contribution >= 4 is 44.3 Å². The third-order valence-corrected chi connectivity index (χ3v) is 4.40. The number of nitro benzene ring substituents is 1. The van der Waals surface area contributed by atoms with Crippen LogP contribution in [0.2, 0.25) is 0 Å². The van der Waals surface area contributed by atoms with Crippen LogP contribution in [0.1, 0.15) is 5.56 Å². The molecular weight excluding hydrogens is 392 g/mol. The second-order valence-corrected chi connectivity index (χ2v) is 6.54. The molecule has 0 aliphatic rings. The van der Waals surface area contributed by atoms with Gasteiger partial charge in [0, 0.05) is 27.5 Å². The predicted molar refractivity (Wildman–Crippen MR) is 99.6 cm³/mol. The van der Waals surface area contributed by atoms with Gasteiger partial charge in [-0.15, -0.1) is 11.3 Å². The highest BCUT2D eigenvalue weighted by molar-refractivity contribution is 9.10. The summed E-state index contributed by atoms with van der Waals surface area (Å²) in [5.41, 5.74) is 5.59. The lowest BCUT2D eigenvalue weighted by Crippen LogP contribution is -1.91. The molecule has 0 aliphatic carbocycles. The van der Waals surface area contributed by atoms with Crippen LogP contribution in [0.15, 0.2) is 63.5 Å². The molecule has 0 spiro atoms. The summed E-state index contributed by atoms with van der Waals surface area (Å²) >= 11 is 4.86. The molecule has 0 unspecified atom stereocenters. The first kappa shape index (κ1) is 16.3. The Labute approximate surface area is 150 Å². The standard InChI is InChI=1S/C16H11BrN4O2S/c17-13-5-3-12(4-6-13)15-10-24-16(19-15)20-18-9-11-1-7-14(8-2-11)21(22)23/h1-10H,(H,19,20). The summed E-state index contributed by atoms with van der Waals surface area (Å²) in [6.45, 7) is 0. The Kier molecular flexibility index (Phi) is 4.97. The summed E-state index contributed by atoms with van der Waals surface area (Å²) < 4.78 is 1.02. The van der Waals surface area contributed by atoms with Crippen LogP contribution in [0.4, 0.5) is 10.8 Å². The smallest absolute Gasteiger partial charge is 0.258 e. The van der Waals surface area contributed by atoms with Crippen molar-refractivity contribution in [2.75, 3.05) is 5.43 Å². The van der Waals surface area contributed by atoms with Crippen LogP contribution in [-0.2, 0) is 0 Å². The maximum atomic E-state index is 10.6. The Balaban J connectivity index is 1.64. The van der Waals surface area contributed by atoms with E-state index in [4.69, 9.17) is 0 Å². The van der Waals surface area contributed by atoms with Crippen molar-refractivity contribution in [2.24, 2.45) is 5.10 Å². The van der Waals surface area contributed by atoms with Crippen LogP contribution in [0.5, 0.6) is 0 Å². The van der Waals surface area contributed by atoms with Crippen molar-refractivity contribution in [1.82, 2.24) is 4.98 Å². The Morgan fingerprint density at radius 3 is 2.54 bits per heavy atom. The van der Waals surface area contributed by atoms with Crippen molar-refractivity contribution in [3.63, 3.8) is 0 Å². The Hall–Kier alpha value is -2.58. The third kappa shape index (κ3) is 4.03. The van der Waals surface area contributed by atoms with Gasteiger partial charge in [0.05, 0.1) is 16.8 Å². The molecule has 6 nitrogen and oxygen atoms in total. The lowest BCUT2D eigenvalue weighted by atomic mass is 10.2. The molecule has 0 bridgehead atoms. The van der Waals surface area contributed by atoms with E-state index >= 15 is 0 Å². The number of hydrogen-bond acceptors (Lipinski definition) is 6. The van der Waals surface area contributed by atoms with Crippen LogP contribution in [0, 0.1) is 10.1 Å². The Morgan fingerprint density at radius 2 is 1.88 bits per heavy atom. The number of hydrogen-bond donors (Lipinski definition) is 1. The number of nitro groups is 1. The van der Waals surface area contributed by atoms with Crippen LogP contribution in [-0.4, -0.2) is 16.1 Å². The number of thiazole rings is 1. The molecule has 0 saturated heterocycles. The summed E-state index contributed by atoms with van der Waals surface area (Å²) in [7, 11) is 0. The molecular formula is C16H11BrN4O2S. The van der Waals surface area contributed by atoms with E-state index < -0.39 is 4.92 Å². The van der Waals surface area contributed by atoms with Crippen LogP contribution in [0.25, 0.3) is 11.3 Å². The van der Waals surface area contributed by atoms with Gasteiger partial charge in [0.25, 0.3) is 5.69 Å². The van der Waals surface area contributed by atoms with Gasteiger partial charge in [-0.05, 0) is 29.8 Å². The zero-order valence-electron chi connectivity index (χ0n) is 12.2. The fourth-order valence-corrected chi connectivity index (χ4v) is 2.86. The second kappa shape index (κ2) is 7.33. The van der Waals surface area contributed by atoms with Crippen molar-refractivity contribution < 1.29 is 4.92 Å². The van der Waals surface area contributed by atoms with E-state index in [9.17, 15) is 10.1 Å². The van der Waals surface area contributed by atoms with Gasteiger partial charge < -0.3 is 0 Å². The summed E-state index contributed by atoms with van der Waals surface area (Å²) in [5.74, 6) is 0. The van der Waals surface area contributed by atoms with Gasteiger partial charge in [0.1, 0.15) is 0 Å². The minimum atomic E-state index is -0.432. The molecule has 0 atom stereocenters. The fourth-order valence-electron chi connectivity index (χ4n) is 1.92. The molecule has 1 aromatic heterocycles. The van der Waals surface area contributed by atoms with Crippen LogP contribution < -0.4 is 5.43 Å². The van der Waals surface area contributed by atoms with Gasteiger partial charge in [0.2, 0.25) is 5.13 Å². The summed E-state index contributed by atoms with van der Waals surface area (Å²) in [6.07, 6.45) is 1.59. The minimum absolute atomic E-state index is 0.0548. The fraction of sp³-hybridized carbons (Fsp3) is 0. The highest BCUT2D eigenvalue weighted by atomic mass is 79.9. The van der Waals surface area contributed by atoms with Crippen molar-refractivity contribution in [3.8, 4) is 11.3 Å². The highest BCUT2D eigenvalue weighted by Gasteiger charge is 2.04. The molecule has 0 radical (unpaired) electrons. The van der Waals surface area contributed by atoms with Crippen LogP contribution in [0.3, 0.4) is 0 Å². The number of halogens is 1. The van der Waals surface area contributed by atoms with Gasteiger partial charge in [-0.25, -0.2) is 4.98 Å². The number of hydrazone groups is 1. The van der Waals surface area contributed by atoms with E-state index in [-0.39, 0.29) is 5.69 Å². The SMILES string of the molecule is O=[N+]([O-])c1ccc(C=NNc2nc(-c3ccc(Br)cc3)cs2)cc1. The van der Waals surface area contributed by atoms with Gasteiger partial charge >= 0.3 is 0 Å². The molecule has 8 heteroatoms. The minimum Gasteiger partial charge on any atom is -0.258 e. The first-order chi connectivity index (χ1) is 11.6. The number of nitrogens with one attached hydrogen (secondary N) is 1. The molecule has 1 heterocycles.